The Morgan fingerprint density at radius 2 is 1.93 bits per heavy atom. The number of methoxy groups -OCH3 is 1. The van der Waals surface area contributed by atoms with E-state index in [-0.39, 0.29) is 11.9 Å². The number of hydrogen-bond donors (Lipinski definition) is 0. The largest absolute Gasteiger partial charge is 0.497 e. The van der Waals surface area contributed by atoms with Crippen LogP contribution < -0.4 is 9.64 Å². The normalized spacial score (nSPS) is 11.6. The summed E-state index contributed by atoms with van der Waals surface area (Å²) in [5.74, 6) is 0.717. The van der Waals surface area contributed by atoms with Gasteiger partial charge >= 0.3 is 0 Å². The standard InChI is InChI=1S/C22H31N5O2S/c1-7-25(8-2)11-12-26(21(28)19-13-16(5)24-27(19)15(3)4)22-23-18-10-9-17(29-6)14-20(18)30-22/h9-10,13-15H,7-8,11-12H2,1-6H3. The predicted octanol–water partition coefficient (Wildman–Crippen LogP) is 4.38. The van der Waals surface area contributed by atoms with E-state index in [9.17, 15) is 4.79 Å². The lowest BCUT2D eigenvalue weighted by atomic mass is 10.3. The van der Waals surface area contributed by atoms with Crippen molar-refractivity contribution < 1.29 is 9.53 Å². The number of amides is 1. The summed E-state index contributed by atoms with van der Waals surface area (Å²) in [4.78, 5) is 22.5. The van der Waals surface area contributed by atoms with Gasteiger partial charge in [-0.25, -0.2) is 4.98 Å². The van der Waals surface area contributed by atoms with Crippen molar-refractivity contribution >= 4 is 32.6 Å². The molecule has 2 heterocycles. The molecule has 3 rings (SSSR count). The molecule has 0 atom stereocenters. The first kappa shape index (κ1) is 22.2. The molecule has 30 heavy (non-hydrogen) atoms. The van der Waals surface area contributed by atoms with Crippen molar-refractivity contribution in [2.75, 3.05) is 38.2 Å². The molecule has 3 aromatic rings. The minimum Gasteiger partial charge on any atom is -0.497 e. The Morgan fingerprint density at radius 3 is 2.57 bits per heavy atom. The van der Waals surface area contributed by atoms with E-state index in [0.29, 0.717) is 17.4 Å². The first-order chi connectivity index (χ1) is 14.4. The second-order valence-electron chi connectivity index (χ2n) is 7.52. The van der Waals surface area contributed by atoms with Crippen molar-refractivity contribution in [1.29, 1.82) is 0 Å². The van der Waals surface area contributed by atoms with Crippen LogP contribution in [-0.4, -0.2) is 58.9 Å². The van der Waals surface area contributed by atoms with Crippen LogP contribution in [0.2, 0.25) is 0 Å². The van der Waals surface area contributed by atoms with E-state index in [1.165, 1.54) is 11.3 Å². The van der Waals surface area contributed by atoms with E-state index in [1.807, 2.05) is 45.0 Å². The molecule has 0 unspecified atom stereocenters. The van der Waals surface area contributed by atoms with Gasteiger partial charge in [-0.15, -0.1) is 0 Å². The number of ether oxygens (including phenoxy) is 1. The number of carbonyl (C=O) groups is 1. The summed E-state index contributed by atoms with van der Waals surface area (Å²) >= 11 is 1.51. The van der Waals surface area contributed by atoms with Crippen LogP contribution in [0.15, 0.2) is 24.3 Å². The molecule has 1 amide bonds. The van der Waals surface area contributed by atoms with Gasteiger partial charge in [0.15, 0.2) is 5.13 Å². The number of aryl methyl sites for hydroxylation is 1. The number of rotatable bonds is 9. The smallest absolute Gasteiger partial charge is 0.278 e. The van der Waals surface area contributed by atoms with Crippen molar-refractivity contribution in [3.63, 3.8) is 0 Å². The van der Waals surface area contributed by atoms with Gasteiger partial charge in [0.1, 0.15) is 11.4 Å². The molecule has 0 fully saturated rings. The van der Waals surface area contributed by atoms with Crippen LogP contribution >= 0.6 is 11.3 Å². The van der Waals surface area contributed by atoms with E-state index < -0.39 is 0 Å². The third kappa shape index (κ3) is 4.65. The minimum atomic E-state index is -0.0672. The maximum absolute atomic E-state index is 13.7. The summed E-state index contributed by atoms with van der Waals surface area (Å²) in [6.45, 7) is 13.5. The van der Waals surface area contributed by atoms with Crippen LogP contribution in [0, 0.1) is 6.92 Å². The van der Waals surface area contributed by atoms with Gasteiger partial charge < -0.3 is 9.64 Å². The topological polar surface area (TPSA) is 63.5 Å². The summed E-state index contributed by atoms with van der Waals surface area (Å²) < 4.78 is 8.14. The molecule has 8 heteroatoms. The van der Waals surface area contributed by atoms with E-state index >= 15 is 0 Å². The number of nitrogens with zero attached hydrogens (tertiary/aromatic N) is 5. The van der Waals surface area contributed by atoms with Gasteiger partial charge in [0, 0.05) is 19.1 Å². The Kier molecular flexibility index (Phi) is 7.10. The highest BCUT2D eigenvalue weighted by molar-refractivity contribution is 7.22. The fraction of sp³-hybridized carbons (Fsp3) is 0.500. The van der Waals surface area contributed by atoms with Crippen molar-refractivity contribution in [1.82, 2.24) is 19.7 Å². The molecule has 0 aliphatic heterocycles. The number of thiazole rings is 1. The molecule has 0 N–H and O–H groups in total. The molecular weight excluding hydrogens is 398 g/mol. The number of carbonyl (C=O) groups excluding carboxylic acids is 1. The Labute approximate surface area is 182 Å². The average Bonchev–Trinajstić information content (AvgIpc) is 3.33. The van der Waals surface area contributed by atoms with Gasteiger partial charge in [-0.05, 0) is 58.1 Å². The van der Waals surface area contributed by atoms with E-state index in [4.69, 9.17) is 9.72 Å². The first-order valence-corrected chi connectivity index (χ1v) is 11.2. The predicted molar refractivity (Wildman–Crippen MR) is 123 cm³/mol. The Morgan fingerprint density at radius 1 is 1.20 bits per heavy atom. The van der Waals surface area contributed by atoms with E-state index in [2.05, 4.69) is 23.8 Å². The number of anilines is 1. The molecule has 0 aliphatic rings. The molecule has 0 radical (unpaired) electrons. The molecule has 0 spiro atoms. The number of benzene rings is 1. The zero-order chi connectivity index (χ0) is 21.8. The second-order valence-corrected chi connectivity index (χ2v) is 8.53. The Bertz CT molecular complexity index is 1010. The molecule has 0 aliphatic carbocycles. The average molecular weight is 430 g/mol. The van der Waals surface area contributed by atoms with Gasteiger partial charge in [0.25, 0.3) is 5.91 Å². The van der Waals surface area contributed by atoms with E-state index in [1.54, 1.807) is 16.7 Å². The number of aromatic nitrogens is 3. The maximum atomic E-state index is 13.7. The molecule has 0 saturated heterocycles. The van der Waals surface area contributed by atoms with Crippen LogP contribution in [0.5, 0.6) is 5.75 Å². The monoisotopic (exact) mass is 429 g/mol. The third-order valence-electron chi connectivity index (χ3n) is 5.16. The van der Waals surface area contributed by atoms with Crippen molar-refractivity contribution in [2.45, 2.75) is 40.7 Å². The third-order valence-corrected chi connectivity index (χ3v) is 6.20. The van der Waals surface area contributed by atoms with Gasteiger partial charge in [-0.2, -0.15) is 5.10 Å². The first-order valence-electron chi connectivity index (χ1n) is 10.4. The van der Waals surface area contributed by atoms with Crippen LogP contribution in [-0.2, 0) is 0 Å². The zero-order valence-corrected chi connectivity index (χ0v) is 19.5. The lowest BCUT2D eigenvalue weighted by Crippen LogP contribution is -2.39. The Balaban J connectivity index is 2.01. The lowest BCUT2D eigenvalue weighted by Gasteiger charge is -2.25. The second kappa shape index (κ2) is 9.57. The molecule has 7 nitrogen and oxygen atoms in total. The molecule has 0 bridgehead atoms. The van der Waals surface area contributed by atoms with Crippen molar-refractivity contribution in [2.24, 2.45) is 0 Å². The molecule has 1 aromatic carbocycles. The summed E-state index contributed by atoms with van der Waals surface area (Å²) in [6.07, 6.45) is 0. The van der Waals surface area contributed by atoms with E-state index in [0.717, 1.165) is 41.3 Å². The molecule has 2 aromatic heterocycles. The number of hydrogen-bond acceptors (Lipinski definition) is 6. The summed E-state index contributed by atoms with van der Waals surface area (Å²) in [7, 11) is 1.65. The van der Waals surface area contributed by atoms with Crippen LogP contribution in [0.3, 0.4) is 0 Å². The Hall–Kier alpha value is -2.45. The zero-order valence-electron chi connectivity index (χ0n) is 18.7. The SMILES string of the molecule is CCN(CC)CCN(C(=O)c1cc(C)nn1C(C)C)c1nc2ccc(OC)cc2s1. The fourth-order valence-electron chi connectivity index (χ4n) is 3.41. The highest BCUT2D eigenvalue weighted by Gasteiger charge is 2.26. The minimum absolute atomic E-state index is 0.0672. The molecular formula is C22H31N5O2S. The van der Waals surface area contributed by atoms with Crippen molar-refractivity contribution in [3.8, 4) is 5.75 Å². The quantitative estimate of drug-likeness (QED) is 0.505. The van der Waals surface area contributed by atoms with Gasteiger partial charge in [0.2, 0.25) is 0 Å². The summed E-state index contributed by atoms with van der Waals surface area (Å²) in [5.41, 5.74) is 2.30. The van der Waals surface area contributed by atoms with Gasteiger partial charge in [-0.1, -0.05) is 25.2 Å². The maximum Gasteiger partial charge on any atom is 0.278 e. The van der Waals surface area contributed by atoms with Crippen LogP contribution in [0.1, 0.15) is 49.9 Å². The summed E-state index contributed by atoms with van der Waals surface area (Å²) in [5, 5.41) is 5.22. The summed E-state index contributed by atoms with van der Waals surface area (Å²) in [6, 6.07) is 7.76. The number of fused-ring (bicyclic) bond motifs is 1. The van der Waals surface area contributed by atoms with Crippen LogP contribution in [0.4, 0.5) is 5.13 Å². The molecule has 162 valence electrons. The lowest BCUT2D eigenvalue weighted by molar-refractivity contribution is 0.0971. The highest BCUT2D eigenvalue weighted by Crippen LogP contribution is 2.32. The number of likely N-dealkylation sites (N-methyl/N-ethyl adjacent to an activating group) is 1. The fourth-order valence-corrected chi connectivity index (χ4v) is 4.43. The molecule has 0 saturated carbocycles. The van der Waals surface area contributed by atoms with Gasteiger partial charge in [-0.3, -0.25) is 14.4 Å². The van der Waals surface area contributed by atoms with Crippen molar-refractivity contribution in [3.05, 3.63) is 35.7 Å². The highest BCUT2D eigenvalue weighted by atomic mass is 32.1. The van der Waals surface area contributed by atoms with Gasteiger partial charge in [0.05, 0.1) is 23.0 Å². The van der Waals surface area contributed by atoms with Crippen LogP contribution in [0.25, 0.3) is 10.2 Å².